The number of carbonyl (C=O) groups is 1. The van der Waals surface area contributed by atoms with E-state index in [-0.39, 0.29) is 18.3 Å². The predicted molar refractivity (Wildman–Crippen MR) is 104 cm³/mol. The van der Waals surface area contributed by atoms with Crippen molar-refractivity contribution in [2.24, 2.45) is 0 Å². The number of halogens is 1. The van der Waals surface area contributed by atoms with Crippen LogP contribution in [-0.4, -0.2) is 22.8 Å². The van der Waals surface area contributed by atoms with E-state index in [1.165, 1.54) is 5.56 Å². The van der Waals surface area contributed by atoms with Gasteiger partial charge >= 0.3 is 0 Å². The Labute approximate surface area is 162 Å². The fourth-order valence-corrected chi connectivity index (χ4v) is 2.87. The number of hydrogen-bond donors (Lipinski definition) is 1. The van der Waals surface area contributed by atoms with Gasteiger partial charge in [0, 0.05) is 10.6 Å². The zero-order valence-electron chi connectivity index (χ0n) is 15.2. The Morgan fingerprint density at radius 1 is 1.15 bits per heavy atom. The minimum absolute atomic E-state index is 0.178. The lowest BCUT2D eigenvalue weighted by Crippen LogP contribution is -2.20. The van der Waals surface area contributed by atoms with Crippen molar-refractivity contribution in [2.75, 3.05) is 11.9 Å². The summed E-state index contributed by atoms with van der Waals surface area (Å²) in [6.45, 7) is 3.97. The van der Waals surface area contributed by atoms with Gasteiger partial charge in [-0.05, 0) is 58.5 Å². The molecule has 1 heterocycles. The standard InChI is InChI=1S/C20H20ClN3O3/c1-3-13-8-9-14(4-2)17(10-13)19-20(24-27-23-19)22-18(25)12-26-16-7-5-6-15(21)11-16/h5-11H,3-4,12H2,1-2H3,(H,22,24,25). The Balaban J connectivity index is 1.74. The average molecular weight is 386 g/mol. The maximum absolute atomic E-state index is 12.3. The van der Waals surface area contributed by atoms with E-state index in [0.29, 0.717) is 16.5 Å². The van der Waals surface area contributed by atoms with Gasteiger partial charge in [-0.15, -0.1) is 0 Å². The van der Waals surface area contributed by atoms with E-state index in [4.69, 9.17) is 21.0 Å². The van der Waals surface area contributed by atoms with Gasteiger partial charge in [-0.3, -0.25) is 4.79 Å². The van der Waals surface area contributed by atoms with Crippen LogP contribution < -0.4 is 10.1 Å². The van der Waals surface area contributed by atoms with E-state index in [9.17, 15) is 4.79 Å². The highest BCUT2D eigenvalue weighted by atomic mass is 35.5. The van der Waals surface area contributed by atoms with Crippen LogP contribution in [0.2, 0.25) is 5.02 Å². The minimum Gasteiger partial charge on any atom is -0.484 e. The fourth-order valence-electron chi connectivity index (χ4n) is 2.69. The molecule has 3 aromatic rings. The molecule has 0 unspecified atom stereocenters. The van der Waals surface area contributed by atoms with Crippen LogP contribution in [0.15, 0.2) is 47.1 Å². The van der Waals surface area contributed by atoms with Gasteiger partial charge in [-0.2, -0.15) is 0 Å². The summed E-state index contributed by atoms with van der Waals surface area (Å²) >= 11 is 5.91. The van der Waals surface area contributed by atoms with Gasteiger partial charge in [0.15, 0.2) is 12.3 Å². The molecule has 1 N–H and O–H groups in total. The molecule has 0 spiro atoms. The summed E-state index contributed by atoms with van der Waals surface area (Å²) in [5.41, 5.74) is 3.70. The van der Waals surface area contributed by atoms with Crippen LogP contribution >= 0.6 is 11.6 Å². The summed E-state index contributed by atoms with van der Waals surface area (Å²) in [5, 5.41) is 11.1. The molecule has 0 radical (unpaired) electrons. The molecule has 2 aromatic carbocycles. The van der Waals surface area contributed by atoms with Crippen molar-refractivity contribution < 1.29 is 14.2 Å². The monoisotopic (exact) mass is 385 g/mol. The van der Waals surface area contributed by atoms with Gasteiger partial charge in [-0.1, -0.05) is 43.6 Å². The molecule has 0 aliphatic carbocycles. The molecule has 27 heavy (non-hydrogen) atoms. The normalized spacial score (nSPS) is 10.6. The number of aromatic nitrogens is 2. The number of hydrogen-bond acceptors (Lipinski definition) is 5. The second kappa shape index (κ2) is 8.68. The number of amides is 1. The smallest absolute Gasteiger partial charge is 0.263 e. The van der Waals surface area contributed by atoms with Gasteiger partial charge in [0.05, 0.1) is 0 Å². The maximum atomic E-state index is 12.3. The Hall–Kier alpha value is -2.86. The lowest BCUT2D eigenvalue weighted by molar-refractivity contribution is -0.118. The summed E-state index contributed by atoms with van der Waals surface area (Å²) in [5.74, 6) is 0.425. The highest BCUT2D eigenvalue weighted by molar-refractivity contribution is 6.30. The van der Waals surface area contributed by atoms with E-state index in [1.54, 1.807) is 24.3 Å². The summed E-state index contributed by atoms with van der Waals surface area (Å²) in [7, 11) is 0. The zero-order chi connectivity index (χ0) is 19.2. The van der Waals surface area contributed by atoms with Crippen molar-refractivity contribution in [3.63, 3.8) is 0 Å². The SMILES string of the molecule is CCc1ccc(CC)c(-c2nonc2NC(=O)COc2cccc(Cl)c2)c1. The number of rotatable bonds is 7. The van der Waals surface area contributed by atoms with E-state index in [0.717, 1.165) is 24.0 Å². The molecule has 140 valence electrons. The Morgan fingerprint density at radius 2 is 2.00 bits per heavy atom. The highest BCUT2D eigenvalue weighted by Crippen LogP contribution is 2.29. The van der Waals surface area contributed by atoms with E-state index < -0.39 is 0 Å². The van der Waals surface area contributed by atoms with Crippen molar-refractivity contribution >= 4 is 23.3 Å². The Bertz CT molecular complexity index is 940. The van der Waals surface area contributed by atoms with Crippen LogP contribution in [0.3, 0.4) is 0 Å². The molecular formula is C20H20ClN3O3. The number of anilines is 1. The van der Waals surface area contributed by atoms with Gasteiger partial charge in [0.25, 0.3) is 5.91 Å². The average Bonchev–Trinajstić information content (AvgIpc) is 3.13. The van der Waals surface area contributed by atoms with Crippen LogP contribution in [0.5, 0.6) is 5.75 Å². The molecular weight excluding hydrogens is 366 g/mol. The predicted octanol–water partition coefficient (Wildman–Crippen LogP) is 4.53. The van der Waals surface area contributed by atoms with E-state index in [1.807, 2.05) is 0 Å². The Morgan fingerprint density at radius 3 is 2.74 bits per heavy atom. The quantitative estimate of drug-likeness (QED) is 0.646. The van der Waals surface area contributed by atoms with Crippen LogP contribution in [0, 0.1) is 0 Å². The van der Waals surface area contributed by atoms with Crippen LogP contribution in [0.4, 0.5) is 5.82 Å². The number of ether oxygens (including phenoxy) is 1. The van der Waals surface area contributed by atoms with Gasteiger partial charge in [0.1, 0.15) is 5.75 Å². The van der Waals surface area contributed by atoms with Crippen LogP contribution in [-0.2, 0) is 17.6 Å². The van der Waals surface area contributed by atoms with Gasteiger partial charge in [0.2, 0.25) is 5.82 Å². The highest BCUT2D eigenvalue weighted by Gasteiger charge is 2.18. The molecule has 1 aromatic heterocycles. The van der Waals surface area contributed by atoms with Crippen molar-refractivity contribution in [1.29, 1.82) is 0 Å². The van der Waals surface area contributed by atoms with E-state index >= 15 is 0 Å². The number of benzene rings is 2. The first-order valence-corrected chi connectivity index (χ1v) is 9.11. The number of carbonyl (C=O) groups excluding carboxylic acids is 1. The summed E-state index contributed by atoms with van der Waals surface area (Å²) in [4.78, 5) is 12.3. The van der Waals surface area contributed by atoms with Crippen molar-refractivity contribution in [1.82, 2.24) is 10.3 Å². The first-order chi connectivity index (χ1) is 13.1. The second-order valence-electron chi connectivity index (χ2n) is 5.95. The van der Waals surface area contributed by atoms with Crippen molar-refractivity contribution in [3.05, 3.63) is 58.6 Å². The Kier molecular flexibility index (Phi) is 6.08. The third-order valence-corrected chi connectivity index (χ3v) is 4.37. The molecule has 7 heteroatoms. The van der Waals surface area contributed by atoms with E-state index in [2.05, 4.69) is 47.7 Å². The zero-order valence-corrected chi connectivity index (χ0v) is 15.9. The summed E-state index contributed by atoms with van der Waals surface area (Å²) in [6.07, 6.45) is 1.73. The number of nitrogens with one attached hydrogen (secondary N) is 1. The number of aryl methyl sites for hydroxylation is 2. The molecule has 0 aliphatic rings. The molecule has 1 amide bonds. The molecule has 3 rings (SSSR count). The van der Waals surface area contributed by atoms with Crippen molar-refractivity contribution in [3.8, 4) is 17.0 Å². The van der Waals surface area contributed by atoms with Crippen LogP contribution in [0.25, 0.3) is 11.3 Å². The topological polar surface area (TPSA) is 77.3 Å². The third-order valence-electron chi connectivity index (χ3n) is 4.13. The lowest BCUT2D eigenvalue weighted by Gasteiger charge is -2.09. The maximum Gasteiger partial charge on any atom is 0.263 e. The molecule has 6 nitrogen and oxygen atoms in total. The molecule has 0 bridgehead atoms. The molecule has 0 fully saturated rings. The largest absolute Gasteiger partial charge is 0.484 e. The number of nitrogens with zero attached hydrogens (tertiary/aromatic N) is 2. The molecule has 0 atom stereocenters. The summed E-state index contributed by atoms with van der Waals surface area (Å²) < 4.78 is 10.3. The molecule has 0 saturated carbocycles. The summed E-state index contributed by atoms with van der Waals surface area (Å²) in [6, 6.07) is 13.1. The van der Waals surface area contributed by atoms with Crippen LogP contribution in [0.1, 0.15) is 25.0 Å². The van der Waals surface area contributed by atoms with Gasteiger partial charge in [-0.25, -0.2) is 4.63 Å². The first-order valence-electron chi connectivity index (χ1n) is 8.73. The first kappa shape index (κ1) is 18.9. The minimum atomic E-state index is -0.364. The molecule has 0 aliphatic heterocycles. The lowest BCUT2D eigenvalue weighted by atomic mass is 9.98. The second-order valence-corrected chi connectivity index (χ2v) is 6.39. The molecule has 0 saturated heterocycles. The van der Waals surface area contributed by atoms with Crippen molar-refractivity contribution in [2.45, 2.75) is 26.7 Å². The van der Waals surface area contributed by atoms with Gasteiger partial charge < -0.3 is 10.1 Å². The fraction of sp³-hybridized carbons (Fsp3) is 0.250. The third kappa shape index (κ3) is 4.65.